The molecule has 0 saturated carbocycles. The van der Waals surface area contributed by atoms with Gasteiger partial charge >= 0.3 is 5.69 Å². The lowest BCUT2D eigenvalue weighted by molar-refractivity contribution is 0.777. The SMILES string of the molecule is Cc1ccc(Cn2c(=O)[nH]c3cncnc32)cc1. The van der Waals surface area contributed by atoms with Crippen LogP contribution in [0.3, 0.4) is 0 Å². The lowest BCUT2D eigenvalue weighted by Gasteiger charge is -2.03. The molecular formula is C13H12N4O. The molecule has 3 rings (SSSR count). The van der Waals surface area contributed by atoms with Gasteiger partial charge in [-0.05, 0) is 12.5 Å². The maximum Gasteiger partial charge on any atom is 0.328 e. The standard InChI is InChI=1S/C13H12N4O/c1-9-2-4-10(5-3-9)7-17-12-11(16-13(17)18)6-14-8-15-12/h2-6,8H,7H2,1H3,(H,16,18). The molecule has 0 saturated heterocycles. The molecule has 1 aromatic carbocycles. The fourth-order valence-corrected chi connectivity index (χ4v) is 1.93. The Balaban J connectivity index is 2.07. The minimum Gasteiger partial charge on any atom is -0.303 e. The van der Waals surface area contributed by atoms with Crippen molar-refractivity contribution >= 4 is 11.2 Å². The second-order valence-corrected chi connectivity index (χ2v) is 4.26. The highest BCUT2D eigenvalue weighted by Gasteiger charge is 2.07. The van der Waals surface area contributed by atoms with Crippen molar-refractivity contribution in [2.45, 2.75) is 13.5 Å². The minimum atomic E-state index is -0.161. The zero-order valence-corrected chi connectivity index (χ0v) is 9.92. The maximum absolute atomic E-state index is 11.8. The van der Waals surface area contributed by atoms with Crippen LogP contribution in [0, 0.1) is 6.92 Å². The number of rotatable bonds is 2. The van der Waals surface area contributed by atoms with Crippen molar-refractivity contribution in [2.75, 3.05) is 0 Å². The van der Waals surface area contributed by atoms with Crippen molar-refractivity contribution in [3.63, 3.8) is 0 Å². The van der Waals surface area contributed by atoms with Crippen molar-refractivity contribution in [2.24, 2.45) is 0 Å². The number of hydrogen-bond donors (Lipinski definition) is 1. The summed E-state index contributed by atoms with van der Waals surface area (Å²) in [7, 11) is 0. The van der Waals surface area contributed by atoms with E-state index in [2.05, 4.69) is 15.0 Å². The number of aromatic amines is 1. The van der Waals surface area contributed by atoms with Crippen LogP contribution in [-0.4, -0.2) is 19.5 Å². The highest BCUT2D eigenvalue weighted by atomic mass is 16.1. The van der Waals surface area contributed by atoms with Gasteiger partial charge in [-0.3, -0.25) is 4.57 Å². The van der Waals surface area contributed by atoms with Crippen LogP contribution < -0.4 is 5.69 Å². The van der Waals surface area contributed by atoms with Crippen LogP contribution in [0.1, 0.15) is 11.1 Å². The molecule has 0 bridgehead atoms. The predicted octanol–water partition coefficient (Wildman–Crippen LogP) is 1.48. The topological polar surface area (TPSA) is 63.6 Å². The highest BCUT2D eigenvalue weighted by molar-refractivity contribution is 5.68. The molecule has 5 heteroatoms. The number of nitrogens with one attached hydrogen (secondary N) is 1. The molecule has 2 aromatic heterocycles. The van der Waals surface area contributed by atoms with Gasteiger partial charge in [0.05, 0.1) is 12.7 Å². The molecule has 0 amide bonds. The van der Waals surface area contributed by atoms with Gasteiger partial charge in [0.2, 0.25) is 0 Å². The van der Waals surface area contributed by atoms with Gasteiger partial charge in [-0.2, -0.15) is 0 Å². The second kappa shape index (κ2) is 4.10. The summed E-state index contributed by atoms with van der Waals surface area (Å²) in [4.78, 5) is 22.6. The van der Waals surface area contributed by atoms with Crippen molar-refractivity contribution in [3.05, 3.63) is 58.4 Å². The number of nitrogens with zero attached hydrogens (tertiary/aromatic N) is 3. The summed E-state index contributed by atoms with van der Waals surface area (Å²) in [6.07, 6.45) is 3.05. The van der Waals surface area contributed by atoms with Crippen LogP contribution in [0.5, 0.6) is 0 Å². The number of imidazole rings is 1. The van der Waals surface area contributed by atoms with Crippen molar-refractivity contribution in [3.8, 4) is 0 Å². The second-order valence-electron chi connectivity index (χ2n) is 4.26. The zero-order valence-electron chi connectivity index (χ0n) is 9.92. The van der Waals surface area contributed by atoms with Crippen molar-refractivity contribution in [1.82, 2.24) is 19.5 Å². The van der Waals surface area contributed by atoms with E-state index in [-0.39, 0.29) is 5.69 Å². The summed E-state index contributed by atoms with van der Waals surface area (Å²) >= 11 is 0. The molecule has 2 heterocycles. The van der Waals surface area contributed by atoms with Crippen LogP contribution in [0.15, 0.2) is 41.6 Å². The Hall–Kier alpha value is -2.43. The molecule has 90 valence electrons. The van der Waals surface area contributed by atoms with Crippen molar-refractivity contribution < 1.29 is 0 Å². The number of aryl methyl sites for hydroxylation is 1. The van der Waals surface area contributed by atoms with E-state index >= 15 is 0 Å². The van der Waals surface area contributed by atoms with Gasteiger partial charge in [-0.15, -0.1) is 0 Å². The summed E-state index contributed by atoms with van der Waals surface area (Å²) in [6.45, 7) is 2.55. The summed E-state index contributed by atoms with van der Waals surface area (Å²) in [5.41, 5.74) is 3.41. The molecule has 3 aromatic rings. The molecular weight excluding hydrogens is 228 g/mol. The number of H-pyrrole nitrogens is 1. The monoisotopic (exact) mass is 240 g/mol. The first-order valence-corrected chi connectivity index (χ1v) is 5.68. The van der Waals surface area contributed by atoms with Gasteiger partial charge in [-0.25, -0.2) is 14.8 Å². The van der Waals surface area contributed by atoms with E-state index in [0.717, 1.165) is 5.56 Å². The van der Waals surface area contributed by atoms with Gasteiger partial charge in [0.25, 0.3) is 0 Å². The molecule has 5 nitrogen and oxygen atoms in total. The fourth-order valence-electron chi connectivity index (χ4n) is 1.93. The molecule has 0 atom stereocenters. The van der Waals surface area contributed by atoms with Gasteiger partial charge in [0, 0.05) is 0 Å². The van der Waals surface area contributed by atoms with E-state index in [9.17, 15) is 4.79 Å². The van der Waals surface area contributed by atoms with Gasteiger partial charge in [-0.1, -0.05) is 29.8 Å². The molecule has 0 aliphatic carbocycles. The Morgan fingerprint density at radius 3 is 2.83 bits per heavy atom. The third-order valence-corrected chi connectivity index (χ3v) is 2.89. The molecule has 0 unspecified atom stereocenters. The average molecular weight is 240 g/mol. The molecule has 18 heavy (non-hydrogen) atoms. The lowest BCUT2D eigenvalue weighted by Crippen LogP contribution is -2.17. The number of aromatic nitrogens is 4. The highest BCUT2D eigenvalue weighted by Crippen LogP contribution is 2.08. The fraction of sp³-hybridized carbons (Fsp3) is 0.154. The number of benzene rings is 1. The molecule has 0 spiro atoms. The van der Waals surface area contributed by atoms with Crippen LogP contribution in [0.2, 0.25) is 0 Å². The van der Waals surface area contributed by atoms with E-state index in [1.807, 2.05) is 31.2 Å². The Labute approximate surface area is 103 Å². The first-order chi connectivity index (χ1) is 8.74. The lowest BCUT2D eigenvalue weighted by atomic mass is 10.1. The summed E-state index contributed by atoms with van der Waals surface area (Å²) in [5.74, 6) is 0. The summed E-state index contributed by atoms with van der Waals surface area (Å²) < 4.78 is 1.61. The molecule has 0 aliphatic rings. The Morgan fingerprint density at radius 1 is 1.28 bits per heavy atom. The molecule has 1 N–H and O–H groups in total. The quantitative estimate of drug-likeness (QED) is 0.737. The largest absolute Gasteiger partial charge is 0.328 e. The average Bonchev–Trinajstić information content (AvgIpc) is 2.69. The van der Waals surface area contributed by atoms with Crippen molar-refractivity contribution in [1.29, 1.82) is 0 Å². The molecule has 0 radical (unpaired) electrons. The third kappa shape index (κ3) is 1.79. The van der Waals surface area contributed by atoms with Gasteiger partial charge in [0.15, 0.2) is 5.65 Å². The molecule has 0 aliphatic heterocycles. The van der Waals surface area contributed by atoms with Crippen LogP contribution >= 0.6 is 0 Å². The Bertz CT molecular complexity index is 740. The normalized spacial score (nSPS) is 10.9. The minimum absolute atomic E-state index is 0.161. The smallest absolute Gasteiger partial charge is 0.303 e. The van der Waals surface area contributed by atoms with Gasteiger partial charge < -0.3 is 4.98 Å². The first-order valence-electron chi connectivity index (χ1n) is 5.68. The van der Waals surface area contributed by atoms with Crippen LogP contribution in [-0.2, 0) is 6.54 Å². The molecule has 0 fully saturated rings. The number of fused-ring (bicyclic) bond motifs is 1. The van der Waals surface area contributed by atoms with E-state index in [1.54, 1.807) is 10.8 Å². The van der Waals surface area contributed by atoms with Gasteiger partial charge in [0.1, 0.15) is 11.8 Å². The number of hydrogen-bond acceptors (Lipinski definition) is 3. The zero-order chi connectivity index (χ0) is 12.5. The predicted molar refractivity (Wildman–Crippen MR) is 68.4 cm³/mol. The third-order valence-electron chi connectivity index (χ3n) is 2.89. The van der Waals surface area contributed by atoms with E-state index in [1.165, 1.54) is 11.9 Å². The maximum atomic E-state index is 11.8. The van der Waals surface area contributed by atoms with Crippen LogP contribution in [0.4, 0.5) is 0 Å². The summed E-state index contributed by atoms with van der Waals surface area (Å²) in [6, 6.07) is 8.10. The summed E-state index contributed by atoms with van der Waals surface area (Å²) in [5, 5.41) is 0. The Morgan fingerprint density at radius 2 is 2.06 bits per heavy atom. The van der Waals surface area contributed by atoms with E-state index < -0.39 is 0 Å². The van der Waals surface area contributed by atoms with E-state index in [0.29, 0.717) is 17.7 Å². The first kappa shape index (κ1) is 10.7. The van der Waals surface area contributed by atoms with E-state index in [4.69, 9.17) is 0 Å². The Kier molecular flexibility index (Phi) is 2.44. The van der Waals surface area contributed by atoms with Crippen LogP contribution in [0.25, 0.3) is 11.2 Å².